The van der Waals surface area contributed by atoms with Crippen LogP contribution >= 0.6 is 0 Å². The highest BCUT2D eigenvalue weighted by Gasteiger charge is 2.37. The van der Waals surface area contributed by atoms with Crippen molar-refractivity contribution in [1.29, 1.82) is 0 Å². The number of carbonyl (C=O) groups is 2. The van der Waals surface area contributed by atoms with E-state index >= 15 is 0 Å². The van der Waals surface area contributed by atoms with Crippen molar-refractivity contribution in [3.05, 3.63) is 29.8 Å². The minimum atomic E-state index is -0.434. The summed E-state index contributed by atoms with van der Waals surface area (Å²) in [7, 11) is 1.56. The second-order valence-corrected chi connectivity index (χ2v) is 5.92. The van der Waals surface area contributed by atoms with Crippen LogP contribution in [0.2, 0.25) is 0 Å². The summed E-state index contributed by atoms with van der Waals surface area (Å²) in [5.41, 5.74) is 0.502. The number of rotatable bonds is 4. The van der Waals surface area contributed by atoms with E-state index in [2.05, 4.69) is 5.32 Å². The van der Waals surface area contributed by atoms with Gasteiger partial charge in [-0.25, -0.2) is 0 Å². The van der Waals surface area contributed by atoms with E-state index < -0.39 is 6.04 Å². The average molecular weight is 318 g/mol. The monoisotopic (exact) mass is 318 g/mol. The molecule has 1 atom stereocenters. The van der Waals surface area contributed by atoms with Gasteiger partial charge < -0.3 is 19.7 Å². The fraction of sp³-hybridized carbons (Fsp3) is 0.529. The molecule has 2 heterocycles. The lowest BCUT2D eigenvalue weighted by molar-refractivity contribution is -0.132. The van der Waals surface area contributed by atoms with Crippen molar-refractivity contribution in [2.24, 2.45) is 0 Å². The van der Waals surface area contributed by atoms with Gasteiger partial charge in [0.1, 0.15) is 11.8 Å². The molecule has 2 fully saturated rings. The van der Waals surface area contributed by atoms with Crippen LogP contribution in [-0.2, 0) is 9.53 Å². The standard InChI is InChI=1S/C17H22N2O4/c1-22-14-4-2-3-12(11-14)16(20)18-15-5-8-19(17(15)21)13-6-9-23-10-7-13/h2-4,11,13,15H,5-10H2,1H3,(H,18,20). The highest BCUT2D eigenvalue weighted by Crippen LogP contribution is 2.22. The molecule has 23 heavy (non-hydrogen) atoms. The molecule has 6 heteroatoms. The molecule has 2 amide bonds. The Hall–Kier alpha value is -2.08. The number of methoxy groups -OCH3 is 1. The number of amides is 2. The largest absolute Gasteiger partial charge is 0.497 e. The molecule has 0 saturated carbocycles. The van der Waals surface area contributed by atoms with Gasteiger partial charge in [0.05, 0.1) is 7.11 Å². The first-order valence-electron chi connectivity index (χ1n) is 8.02. The molecule has 2 aliphatic heterocycles. The highest BCUT2D eigenvalue weighted by molar-refractivity contribution is 5.98. The molecule has 1 N–H and O–H groups in total. The van der Waals surface area contributed by atoms with E-state index in [-0.39, 0.29) is 17.9 Å². The molecule has 1 aromatic rings. The summed E-state index contributed by atoms with van der Waals surface area (Å²) < 4.78 is 10.5. The maximum atomic E-state index is 12.5. The van der Waals surface area contributed by atoms with Crippen molar-refractivity contribution >= 4 is 11.8 Å². The number of likely N-dealkylation sites (tertiary alicyclic amines) is 1. The van der Waals surface area contributed by atoms with Gasteiger partial charge in [-0.2, -0.15) is 0 Å². The van der Waals surface area contributed by atoms with Crippen LogP contribution in [0.3, 0.4) is 0 Å². The molecule has 1 unspecified atom stereocenters. The van der Waals surface area contributed by atoms with Crippen LogP contribution in [0.1, 0.15) is 29.6 Å². The molecule has 124 valence electrons. The summed E-state index contributed by atoms with van der Waals surface area (Å²) in [6.45, 7) is 2.11. The van der Waals surface area contributed by atoms with Crippen LogP contribution in [0.15, 0.2) is 24.3 Å². The molecule has 0 radical (unpaired) electrons. The lowest BCUT2D eigenvalue weighted by Crippen LogP contribution is -2.46. The Balaban J connectivity index is 1.61. The predicted molar refractivity (Wildman–Crippen MR) is 84.4 cm³/mol. The number of benzene rings is 1. The van der Waals surface area contributed by atoms with Crippen LogP contribution in [0, 0.1) is 0 Å². The minimum Gasteiger partial charge on any atom is -0.497 e. The number of carbonyl (C=O) groups excluding carboxylic acids is 2. The first-order chi connectivity index (χ1) is 11.2. The van der Waals surface area contributed by atoms with Crippen LogP contribution in [0.4, 0.5) is 0 Å². The van der Waals surface area contributed by atoms with E-state index in [1.54, 1.807) is 31.4 Å². The smallest absolute Gasteiger partial charge is 0.252 e. The Morgan fingerprint density at radius 3 is 2.83 bits per heavy atom. The Labute approximate surface area is 135 Å². The average Bonchev–Trinajstić information content (AvgIpc) is 2.96. The molecular formula is C17H22N2O4. The van der Waals surface area contributed by atoms with Crippen LogP contribution < -0.4 is 10.1 Å². The Kier molecular flexibility index (Phi) is 4.81. The Morgan fingerprint density at radius 2 is 2.09 bits per heavy atom. The molecular weight excluding hydrogens is 296 g/mol. The predicted octanol–water partition coefficient (Wildman–Crippen LogP) is 1.20. The number of nitrogens with zero attached hydrogens (tertiary/aromatic N) is 1. The fourth-order valence-electron chi connectivity index (χ4n) is 3.20. The number of nitrogens with one attached hydrogen (secondary N) is 1. The Morgan fingerprint density at radius 1 is 1.30 bits per heavy atom. The summed E-state index contributed by atoms with van der Waals surface area (Å²) in [6, 6.07) is 6.74. The Bertz CT molecular complexity index is 584. The van der Waals surface area contributed by atoms with Gasteiger partial charge >= 0.3 is 0 Å². The molecule has 6 nitrogen and oxygen atoms in total. The van der Waals surface area contributed by atoms with Crippen molar-refractivity contribution in [2.45, 2.75) is 31.3 Å². The lowest BCUT2D eigenvalue weighted by Gasteiger charge is -2.31. The topological polar surface area (TPSA) is 67.9 Å². The van der Waals surface area contributed by atoms with Crippen LogP contribution in [-0.4, -0.2) is 55.7 Å². The van der Waals surface area contributed by atoms with Gasteiger partial charge in [-0.3, -0.25) is 9.59 Å². The number of hydrogen-bond acceptors (Lipinski definition) is 4. The molecule has 0 bridgehead atoms. The summed E-state index contributed by atoms with van der Waals surface area (Å²) in [5, 5.41) is 2.85. The molecule has 1 aromatic carbocycles. The fourth-order valence-corrected chi connectivity index (χ4v) is 3.20. The SMILES string of the molecule is COc1cccc(C(=O)NC2CCN(C3CCOCC3)C2=O)c1. The van der Waals surface area contributed by atoms with Crippen molar-refractivity contribution in [2.75, 3.05) is 26.9 Å². The van der Waals surface area contributed by atoms with Gasteiger partial charge in [0.15, 0.2) is 0 Å². The maximum Gasteiger partial charge on any atom is 0.252 e. The van der Waals surface area contributed by atoms with E-state index in [1.165, 1.54) is 0 Å². The van der Waals surface area contributed by atoms with E-state index in [0.717, 1.165) is 12.8 Å². The number of hydrogen-bond donors (Lipinski definition) is 1. The third-order valence-electron chi connectivity index (χ3n) is 4.51. The first-order valence-corrected chi connectivity index (χ1v) is 8.02. The third-order valence-corrected chi connectivity index (χ3v) is 4.51. The van der Waals surface area contributed by atoms with Gasteiger partial charge in [-0.1, -0.05) is 6.07 Å². The van der Waals surface area contributed by atoms with Crippen LogP contribution in [0.5, 0.6) is 5.75 Å². The van der Waals surface area contributed by atoms with E-state index in [1.807, 2.05) is 4.90 Å². The van der Waals surface area contributed by atoms with Crippen LogP contribution in [0.25, 0.3) is 0 Å². The molecule has 3 rings (SSSR count). The summed E-state index contributed by atoms with van der Waals surface area (Å²) in [4.78, 5) is 26.8. The molecule has 2 saturated heterocycles. The second kappa shape index (κ2) is 7.00. The highest BCUT2D eigenvalue weighted by atomic mass is 16.5. The summed E-state index contributed by atoms with van der Waals surface area (Å²) >= 11 is 0. The van der Waals surface area contributed by atoms with E-state index in [0.29, 0.717) is 37.5 Å². The van der Waals surface area contributed by atoms with E-state index in [9.17, 15) is 9.59 Å². The van der Waals surface area contributed by atoms with Gasteiger partial charge in [0, 0.05) is 31.4 Å². The zero-order valence-electron chi connectivity index (χ0n) is 13.3. The first kappa shape index (κ1) is 15.8. The normalized spacial score (nSPS) is 22.2. The van der Waals surface area contributed by atoms with Gasteiger partial charge in [-0.15, -0.1) is 0 Å². The van der Waals surface area contributed by atoms with Crippen molar-refractivity contribution < 1.29 is 19.1 Å². The van der Waals surface area contributed by atoms with Crippen molar-refractivity contribution in [3.63, 3.8) is 0 Å². The summed E-state index contributed by atoms with van der Waals surface area (Å²) in [5.74, 6) is 0.406. The quantitative estimate of drug-likeness (QED) is 0.906. The molecule has 0 aromatic heterocycles. The van der Waals surface area contributed by atoms with Gasteiger partial charge in [0.25, 0.3) is 5.91 Å². The van der Waals surface area contributed by atoms with Crippen molar-refractivity contribution in [1.82, 2.24) is 10.2 Å². The number of ether oxygens (including phenoxy) is 2. The minimum absolute atomic E-state index is 0.0214. The second-order valence-electron chi connectivity index (χ2n) is 5.92. The zero-order chi connectivity index (χ0) is 16.2. The van der Waals surface area contributed by atoms with E-state index in [4.69, 9.17) is 9.47 Å². The molecule has 0 spiro atoms. The summed E-state index contributed by atoms with van der Waals surface area (Å²) in [6.07, 6.45) is 2.41. The molecule has 0 aliphatic carbocycles. The van der Waals surface area contributed by atoms with Gasteiger partial charge in [-0.05, 0) is 37.5 Å². The maximum absolute atomic E-state index is 12.5. The zero-order valence-corrected chi connectivity index (χ0v) is 13.3. The van der Waals surface area contributed by atoms with Crippen molar-refractivity contribution in [3.8, 4) is 5.75 Å². The lowest BCUT2D eigenvalue weighted by atomic mass is 10.1. The third kappa shape index (κ3) is 3.47. The van der Waals surface area contributed by atoms with Gasteiger partial charge in [0.2, 0.25) is 5.91 Å². The molecule has 2 aliphatic rings.